The average Bonchev–Trinajstić information content (AvgIpc) is 3.08. The second-order valence-electron chi connectivity index (χ2n) is 8.76. The van der Waals surface area contributed by atoms with Crippen molar-refractivity contribution in [2.45, 2.75) is 36.3 Å². The maximum atomic E-state index is 12.6. The topological polar surface area (TPSA) is 48.5 Å². The van der Waals surface area contributed by atoms with Crippen molar-refractivity contribution in [1.82, 2.24) is 9.88 Å². The lowest BCUT2D eigenvalue weighted by Crippen LogP contribution is -2.39. The van der Waals surface area contributed by atoms with Gasteiger partial charge in [-0.15, -0.1) is 0 Å². The van der Waals surface area contributed by atoms with Gasteiger partial charge >= 0.3 is 5.51 Å². The fraction of sp³-hybridized carbons (Fsp3) is 0.280. The Morgan fingerprint density at radius 1 is 1.09 bits per heavy atom. The van der Waals surface area contributed by atoms with Crippen LogP contribution in [0.4, 0.5) is 24.7 Å². The second-order valence-corrected chi connectivity index (χ2v) is 9.90. The van der Waals surface area contributed by atoms with Gasteiger partial charge in [0.2, 0.25) is 0 Å². The lowest BCUT2D eigenvalue weighted by Gasteiger charge is -2.29. The normalized spacial score (nSPS) is 16.0. The molecule has 0 unspecified atom stereocenters. The van der Waals surface area contributed by atoms with E-state index in [1.165, 1.54) is 12.1 Å². The first-order valence-corrected chi connectivity index (χ1v) is 11.6. The quantitative estimate of drug-likeness (QED) is 0.433. The van der Waals surface area contributed by atoms with E-state index in [0.717, 1.165) is 17.8 Å². The number of hydrogen-bond acceptors (Lipinski definition) is 5. The first kappa shape index (κ1) is 24.1. The van der Waals surface area contributed by atoms with Crippen molar-refractivity contribution in [3.8, 4) is 0 Å². The molecule has 1 amide bonds. The van der Waals surface area contributed by atoms with Crippen LogP contribution >= 0.6 is 11.8 Å². The SMILES string of the molecule is CC1(C)CN(c2ccc(SC(F)(F)F)cc2)CN1Cc1ccnc(NC(=O)c2ccccc2)c1. The molecular formula is C25H25F3N4OS. The Bertz CT molecular complexity index is 1140. The molecule has 1 fully saturated rings. The summed E-state index contributed by atoms with van der Waals surface area (Å²) in [5.74, 6) is 0.267. The van der Waals surface area contributed by atoms with Gasteiger partial charge in [-0.25, -0.2) is 4.98 Å². The van der Waals surface area contributed by atoms with Crippen molar-refractivity contribution in [2.75, 3.05) is 23.4 Å². The summed E-state index contributed by atoms with van der Waals surface area (Å²) < 4.78 is 37.8. The van der Waals surface area contributed by atoms with Crippen LogP contribution in [0.25, 0.3) is 0 Å². The van der Waals surface area contributed by atoms with E-state index in [2.05, 4.69) is 33.9 Å². The smallest absolute Gasteiger partial charge is 0.357 e. The molecule has 34 heavy (non-hydrogen) atoms. The summed E-state index contributed by atoms with van der Waals surface area (Å²) in [5, 5.41) is 2.84. The summed E-state index contributed by atoms with van der Waals surface area (Å²) in [6.45, 7) is 6.29. The van der Waals surface area contributed by atoms with E-state index in [9.17, 15) is 18.0 Å². The van der Waals surface area contributed by atoms with E-state index in [-0.39, 0.29) is 28.1 Å². The Morgan fingerprint density at radius 2 is 1.79 bits per heavy atom. The molecule has 0 spiro atoms. The molecule has 1 saturated heterocycles. The van der Waals surface area contributed by atoms with Gasteiger partial charge in [0, 0.05) is 41.0 Å². The largest absolute Gasteiger partial charge is 0.446 e. The molecule has 2 aromatic carbocycles. The predicted molar refractivity (Wildman–Crippen MR) is 129 cm³/mol. The number of carbonyl (C=O) groups excluding carboxylic acids is 1. The van der Waals surface area contributed by atoms with E-state index in [0.29, 0.717) is 24.6 Å². The summed E-state index contributed by atoms with van der Waals surface area (Å²) in [7, 11) is 0. The van der Waals surface area contributed by atoms with Gasteiger partial charge in [-0.2, -0.15) is 13.2 Å². The zero-order valence-corrected chi connectivity index (χ0v) is 19.7. The van der Waals surface area contributed by atoms with E-state index < -0.39 is 5.51 Å². The third-order valence-electron chi connectivity index (χ3n) is 5.69. The first-order valence-electron chi connectivity index (χ1n) is 10.8. The van der Waals surface area contributed by atoms with Crippen LogP contribution in [0.2, 0.25) is 0 Å². The maximum Gasteiger partial charge on any atom is 0.446 e. The van der Waals surface area contributed by atoms with Gasteiger partial charge in [0.1, 0.15) is 5.82 Å². The monoisotopic (exact) mass is 486 g/mol. The molecule has 0 bridgehead atoms. The number of anilines is 2. The highest BCUT2D eigenvalue weighted by molar-refractivity contribution is 8.00. The Labute approximate surface area is 201 Å². The average molecular weight is 487 g/mol. The molecule has 0 radical (unpaired) electrons. The van der Waals surface area contributed by atoms with Crippen LogP contribution in [-0.2, 0) is 6.54 Å². The second kappa shape index (κ2) is 9.68. The van der Waals surface area contributed by atoms with Crippen LogP contribution in [0.15, 0.2) is 77.8 Å². The van der Waals surface area contributed by atoms with E-state index in [1.54, 1.807) is 30.5 Å². The van der Waals surface area contributed by atoms with Crippen molar-refractivity contribution in [3.05, 3.63) is 84.1 Å². The minimum absolute atomic E-state index is 0.107. The first-order chi connectivity index (χ1) is 16.1. The molecule has 0 atom stereocenters. The molecule has 4 rings (SSSR count). The number of aromatic nitrogens is 1. The Balaban J connectivity index is 1.42. The van der Waals surface area contributed by atoms with Crippen LogP contribution in [0, 0.1) is 0 Å². The molecule has 5 nitrogen and oxygen atoms in total. The number of nitrogens with one attached hydrogen (secondary N) is 1. The van der Waals surface area contributed by atoms with Crippen molar-refractivity contribution < 1.29 is 18.0 Å². The minimum atomic E-state index is -4.29. The molecule has 2 heterocycles. The fourth-order valence-corrected chi connectivity index (χ4v) is 4.49. The minimum Gasteiger partial charge on any atom is -0.357 e. The van der Waals surface area contributed by atoms with Crippen LogP contribution < -0.4 is 10.2 Å². The number of thioether (sulfide) groups is 1. The van der Waals surface area contributed by atoms with Gasteiger partial charge in [-0.1, -0.05) is 18.2 Å². The number of amides is 1. The van der Waals surface area contributed by atoms with Gasteiger partial charge < -0.3 is 10.2 Å². The Kier molecular flexibility index (Phi) is 6.86. The molecule has 9 heteroatoms. The van der Waals surface area contributed by atoms with Crippen molar-refractivity contribution in [1.29, 1.82) is 0 Å². The van der Waals surface area contributed by atoms with Crippen LogP contribution in [0.5, 0.6) is 0 Å². The molecule has 0 saturated carbocycles. The Morgan fingerprint density at radius 3 is 2.47 bits per heavy atom. The standard InChI is InChI=1S/C25H25F3N4OS/c1-24(2)16-31(20-8-10-21(11-9-20)34-25(26,27)28)17-32(24)15-18-12-13-29-22(14-18)30-23(33)19-6-4-3-5-7-19/h3-14H,15-17H2,1-2H3,(H,29,30,33). The zero-order chi connectivity index (χ0) is 24.3. The molecule has 1 aliphatic rings. The maximum absolute atomic E-state index is 12.6. The number of hydrogen-bond donors (Lipinski definition) is 1. The third kappa shape index (κ3) is 6.09. The molecular weight excluding hydrogens is 461 g/mol. The van der Waals surface area contributed by atoms with Gasteiger partial charge in [0.25, 0.3) is 5.91 Å². The number of alkyl halides is 3. The molecule has 1 aromatic heterocycles. The van der Waals surface area contributed by atoms with E-state index in [1.807, 2.05) is 30.3 Å². The number of benzene rings is 2. The molecule has 3 aromatic rings. The zero-order valence-electron chi connectivity index (χ0n) is 18.8. The summed E-state index contributed by atoms with van der Waals surface area (Å²) in [6, 6.07) is 19.2. The number of pyridine rings is 1. The van der Waals surface area contributed by atoms with Gasteiger partial charge in [-0.3, -0.25) is 9.69 Å². The Hall–Kier alpha value is -3.04. The van der Waals surface area contributed by atoms with Crippen molar-refractivity contribution in [3.63, 3.8) is 0 Å². The number of halogens is 3. The number of nitrogens with zero attached hydrogens (tertiary/aromatic N) is 3. The van der Waals surface area contributed by atoms with Crippen LogP contribution in [-0.4, -0.2) is 40.1 Å². The van der Waals surface area contributed by atoms with Gasteiger partial charge in [0.05, 0.1) is 6.67 Å². The van der Waals surface area contributed by atoms with Crippen LogP contribution in [0.3, 0.4) is 0 Å². The lowest BCUT2D eigenvalue weighted by molar-refractivity contribution is -0.0328. The highest BCUT2D eigenvalue weighted by Gasteiger charge is 2.37. The lowest BCUT2D eigenvalue weighted by atomic mass is 10.0. The third-order valence-corrected chi connectivity index (χ3v) is 6.43. The van der Waals surface area contributed by atoms with Crippen LogP contribution in [0.1, 0.15) is 29.8 Å². The summed E-state index contributed by atoms with van der Waals surface area (Å²) >= 11 is -0.107. The molecule has 1 N–H and O–H groups in total. The highest BCUT2D eigenvalue weighted by atomic mass is 32.2. The fourth-order valence-electron chi connectivity index (χ4n) is 3.95. The molecule has 1 aliphatic heterocycles. The highest BCUT2D eigenvalue weighted by Crippen LogP contribution is 2.38. The molecule has 0 aliphatic carbocycles. The van der Waals surface area contributed by atoms with Gasteiger partial charge in [0.15, 0.2) is 0 Å². The summed E-state index contributed by atoms with van der Waals surface area (Å²) in [4.78, 5) is 21.3. The van der Waals surface area contributed by atoms with Crippen molar-refractivity contribution >= 4 is 29.2 Å². The summed E-state index contributed by atoms with van der Waals surface area (Å²) in [6.07, 6.45) is 1.67. The van der Waals surface area contributed by atoms with Gasteiger partial charge in [-0.05, 0) is 79.7 Å². The molecule has 178 valence electrons. The van der Waals surface area contributed by atoms with Crippen molar-refractivity contribution in [2.24, 2.45) is 0 Å². The van der Waals surface area contributed by atoms with E-state index in [4.69, 9.17) is 0 Å². The summed E-state index contributed by atoms with van der Waals surface area (Å²) in [5.41, 5.74) is -2.00. The predicted octanol–water partition coefficient (Wildman–Crippen LogP) is 6.00. The number of carbonyl (C=O) groups is 1. The number of rotatable bonds is 6. The van der Waals surface area contributed by atoms with E-state index >= 15 is 0 Å².